The highest BCUT2D eigenvalue weighted by Crippen LogP contribution is 2.29. The van der Waals surface area contributed by atoms with Crippen LogP contribution in [0.2, 0.25) is 0 Å². The van der Waals surface area contributed by atoms with Gasteiger partial charge in [0.1, 0.15) is 17.4 Å². The minimum Gasteiger partial charge on any atom is -0.484 e. The Balaban J connectivity index is 1.70. The molecule has 1 heterocycles. The summed E-state index contributed by atoms with van der Waals surface area (Å²) in [4.78, 5) is 35.9. The van der Waals surface area contributed by atoms with Crippen molar-refractivity contribution in [3.05, 3.63) is 65.0 Å². The van der Waals surface area contributed by atoms with Crippen molar-refractivity contribution in [2.75, 3.05) is 13.2 Å². The number of ether oxygens (including phenoxy) is 1. The molecule has 2 aromatic carbocycles. The van der Waals surface area contributed by atoms with Gasteiger partial charge in [0.2, 0.25) is 5.91 Å². The fourth-order valence-electron chi connectivity index (χ4n) is 2.99. The predicted octanol–water partition coefficient (Wildman–Crippen LogP) is 2.87. The first kappa shape index (κ1) is 21.1. The van der Waals surface area contributed by atoms with Crippen molar-refractivity contribution in [1.29, 1.82) is 0 Å². The molecular weight excluding hydrogens is 384 g/mol. The van der Waals surface area contributed by atoms with Gasteiger partial charge in [0.05, 0.1) is 0 Å². The second-order valence-electron chi connectivity index (χ2n) is 6.87. The minimum absolute atomic E-state index is 0.244. The molecule has 3 aromatic rings. The summed E-state index contributed by atoms with van der Waals surface area (Å²) in [7, 11) is 0. The van der Waals surface area contributed by atoms with Crippen LogP contribution in [-0.4, -0.2) is 31.0 Å². The molecule has 0 aliphatic heterocycles. The van der Waals surface area contributed by atoms with Crippen molar-refractivity contribution in [3.8, 4) is 16.9 Å². The molecule has 156 valence electrons. The van der Waals surface area contributed by atoms with Gasteiger partial charge < -0.3 is 19.8 Å². The molecule has 0 radical (unpaired) electrons. The number of hydrogen-bond donors (Lipinski definition) is 2. The summed E-state index contributed by atoms with van der Waals surface area (Å²) in [5.41, 5.74) is 1.56. The van der Waals surface area contributed by atoms with E-state index in [1.54, 1.807) is 25.1 Å². The van der Waals surface area contributed by atoms with Crippen molar-refractivity contribution in [3.63, 3.8) is 0 Å². The SMILES string of the molecule is CCCNC(=O)[C@H](C)NC(=O)COc1ccc2c(-c3ccccc3)cc(=O)oc2c1. The Morgan fingerprint density at radius 2 is 1.87 bits per heavy atom. The van der Waals surface area contributed by atoms with Crippen LogP contribution in [0.25, 0.3) is 22.1 Å². The molecule has 0 aliphatic carbocycles. The second-order valence-corrected chi connectivity index (χ2v) is 6.87. The molecular formula is C23H24N2O5. The van der Waals surface area contributed by atoms with Gasteiger partial charge in [-0.15, -0.1) is 0 Å². The van der Waals surface area contributed by atoms with Gasteiger partial charge in [-0.25, -0.2) is 4.79 Å². The van der Waals surface area contributed by atoms with Gasteiger partial charge in [-0.2, -0.15) is 0 Å². The first-order chi connectivity index (χ1) is 14.5. The highest BCUT2D eigenvalue weighted by Gasteiger charge is 2.15. The summed E-state index contributed by atoms with van der Waals surface area (Å²) >= 11 is 0. The van der Waals surface area contributed by atoms with E-state index in [9.17, 15) is 14.4 Å². The maximum atomic E-state index is 12.1. The fraction of sp³-hybridized carbons (Fsp3) is 0.261. The van der Waals surface area contributed by atoms with E-state index in [2.05, 4.69) is 10.6 Å². The number of benzene rings is 2. The van der Waals surface area contributed by atoms with E-state index < -0.39 is 17.6 Å². The summed E-state index contributed by atoms with van der Waals surface area (Å²) in [6.07, 6.45) is 0.819. The van der Waals surface area contributed by atoms with Gasteiger partial charge >= 0.3 is 5.63 Å². The number of rotatable bonds is 8. The maximum absolute atomic E-state index is 12.1. The molecule has 0 unspecified atom stereocenters. The van der Waals surface area contributed by atoms with E-state index in [4.69, 9.17) is 9.15 Å². The first-order valence-electron chi connectivity index (χ1n) is 9.81. The number of carbonyl (C=O) groups is 2. The van der Waals surface area contributed by atoms with Gasteiger partial charge in [0.25, 0.3) is 5.91 Å². The van der Waals surface area contributed by atoms with Crippen molar-refractivity contribution in [2.45, 2.75) is 26.3 Å². The lowest BCUT2D eigenvalue weighted by atomic mass is 10.0. The van der Waals surface area contributed by atoms with Crippen molar-refractivity contribution in [2.24, 2.45) is 0 Å². The van der Waals surface area contributed by atoms with E-state index in [-0.39, 0.29) is 12.5 Å². The third kappa shape index (κ3) is 5.26. The lowest BCUT2D eigenvalue weighted by molar-refractivity contribution is -0.129. The van der Waals surface area contributed by atoms with Crippen LogP contribution in [0.15, 0.2) is 63.8 Å². The van der Waals surface area contributed by atoms with E-state index in [0.717, 1.165) is 22.9 Å². The second kappa shape index (κ2) is 9.73. The number of fused-ring (bicyclic) bond motifs is 1. The summed E-state index contributed by atoms with van der Waals surface area (Å²) < 4.78 is 10.8. The largest absolute Gasteiger partial charge is 0.484 e. The quantitative estimate of drug-likeness (QED) is 0.559. The average Bonchev–Trinajstić information content (AvgIpc) is 2.75. The van der Waals surface area contributed by atoms with Gasteiger partial charge in [-0.1, -0.05) is 37.3 Å². The molecule has 0 fully saturated rings. The van der Waals surface area contributed by atoms with Gasteiger partial charge in [0, 0.05) is 24.1 Å². The van der Waals surface area contributed by atoms with Gasteiger partial charge in [-0.3, -0.25) is 9.59 Å². The molecule has 0 bridgehead atoms. The number of nitrogens with one attached hydrogen (secondary N) is 2. The Bertz CT molecular complexity index is 1090. The Morgan fingerprint density at radius 3 is 2.60 bits per heavy atom. The number of hydrogen-bond acceptors (Lipinski definition) is 5. The van der Waals surface area contributed by atoms with Gasteiger partial charge in [0.15, 0.2) is 6.61 Å². The lowest BCUT2D eigenvalue weighted by Gasteiger charge is -2.14. The predicted molar refractivity (Wildman–Crippen MR) is 114 cm³/mol. The molecule has 2 amide bonds. The smallest absolute Gasteiger partial charge is 0.336 e. The molecule has 7 nitrogen and oxygen atoms in total. The van der Waals surface area contributed by atoms with Gasteiger partial charge in [-0.05, 0) is 36.6 Å². The zero-order chi connectivity index (χ0) is 21.5. The normalized spacial score (nSPS) is 11.7. The van der Waals surface area contributed by atoms with Crippen LogP contribution in [-0.2, 0) is 9.59 Å². The highest BCUT2D eigenvalue weighted by atomic mass is 16.5. The van der Waals surface area contributed by atoms with Crippen molar-refractivity contribution in [1.82, 2.24) is 10.6 Å². The van der Waals surface area contributed by atoms with Crippen LogP contribution in [0, 0.1) is 0 Å². The molecule has 1 atom stereocenters. The fourth-order valence-corrected chi connectivity index (χ4v) is 2.99. The van der Waals surface area contributed by atoms with E-state index in [0.29, 0.717) is 17.9 Å². The summed E-state index contributed by atoms with van der Waals surface area (Å²) in [6.45, 7) is 3.85. The minimum atomic E-state index is -0.657. The third-order valence-electron chi connectivity index (χ3n) is 4.49. The molecule has 0 spiro atoms. The molecule has 0 saturated heterocycles. The molecule has 0 aliphatic rings. The van der Waals surface area contributed by atoms with Crippen molar-refractivity contribution < 1.29 is 18.7 Å². The third-order valence-corrected chi connectivity index (χ3v) is 4.49. The highest BCUT2D eigenvalue weighted by molar-refractivity contribution is 5.93. The topological polar surface area (TPSA) is 97.6 Å². The van der Waals surface area contributed by atoms with E-state index in [1.807, 2.05) is 37.3 Å². The van der Waals surface area contributed by atoms with Crippen LogP contribution in [0.3, 0.4) is 0 Å². The zero-order valence-corrected chi connectivity index (χ0v) is 16.9. The Hall–Kier alpha value is -3.61. The molecule has 3 rings (SSSR count). The lowest BCUT2D eigenvalue weighted by Crippen LogP contribution is -2.46. The van der Waals surface area contributed by atoms with Crippen LogP contribution < -0.4 is 21.0 Å². The molecule has 7 heteroatoms. The van der Waals surface area contributed by atoms with Crippen LogP contribution in [0.4, 0.5) is 0 Å². The average molecular weight is 408 g/mol. The molecule has 0 saturated carbocycles. The van der Waals surface area contributed by atoms with E-state index >= 15 is 0 Å². The van der Waals surface area contributed by atoms with Crippen molar-refractivity contribution >= 4 is 22.8 Å². The van der Waals surface area contributed by atoms with Crippen LogP contribution >= 0.6 is 0 Å². The van der Waals surface area contributed by atoms with E-state index in [1.165, 1.54) is 6.07 Å². The summed E-state index contributed by atoms with van der Waals surface area (Å²) in [6, 6.07) is 15.4. The zero-order valence-electron chi connectivity index (χ0n) is 16.9. The monoisotopic (exact) mass is 408 g/mol. The molecule has 2 N–H and O–H groups in total. The number of carbonyl (C=O) groups excluding carboxylic acids is 2. The van der Waals surface area contributed by atoms with Crippen LogP contribution in [0.5, 0.6) is 5.75 Å². The summed E-state index contributed by atoms with van der Waals surface area (Å²) in [5.74, 6) is -0.283. The Kier molecular flexibility index (Phi) is 6.85. The van der Waals surface area contributed by atoms with Crippen LogP contribution in [0.1, 0.15) is 20.3 Å². The standard InChI is InChI=1S/C23H24N2O5/c1-3-11-24-23(28)15(2)25-21(26)14-29-17-9-10-18-19(16-7-5-4-6-8-16)13-22(27)30-20(18)12-17/h4-10,12-13,15H,3,11,14H2,1-2H3,(H,24,28)(H,25,26)/t15-/m0/s1. The maximum Gasteiger partial charge on any atom is 0.336 e. The first-order valence-corrected chi connectivity index (χ1v) is 9.81. The Morgan fingerprint density at radius 1 is 1.10 bits per heavy atom. The molecule has 30 heavy (non-hydrogen) atoms. The summed E-state index contributed by atoms with van der Waals surface area (Å²) in [5, 5.41) is 6.07. The molecule has 1 aromatic heterocycles. The Labute approximate surface area is 174 Å². The number of amides is 2.